The van der Waals surface area contributed by atoms with Crippen LogP contribution in [-0.4, -0.2) is 70.2 Å². The van der Waals surface area contributed by atoms with E-state index in [1.165, 1.54) is 0 Å². The number of aliphatic hydroxyl groups excluding tert-OH is 1. The summed E-state index contributed by atoms with van der Waals surface area (Å²) in [5.74, 6) is 1.77. The Bertz CT molecular complexity index is 533. The summed E-state index contributed by atoms with van der Waals surface area (Å²) >= 11 is 0. The molecule has 1 aromatic rings. The third kappa shape index (κ3) is 5.82. The van der Waals surface area contributed by atoms with Gasteiger partial charge >= 0.3 is 0 Å². The van der Waals surface area contributed by atoms with Crippen molar-refractivity contribution in [2.45, 2.75) is 58.1 Å². The predicted molar refractivity (Wildman–Crippen MR) is 99.4 cm³/mol. The number of aromatic nitrogens is 2. The number of rotatable bonds is 8. The van der Waals surface area contributed by atoms with Crippen LogP contribution in [0.2, 0.25) is 0 Å². The summed E-state index contributed by atoms with van der Waals surface area (Å²) in [6, 6.07) is 0. The van der Waals surface area contributed by atoms with Gasteiger partial charge in [-0.1, -0.05) is 13.8 Å². The Morgan fingerprint density at radius 2 is 2.04 bits per heavy atom. The molecule has 1 amide bonds. The van der Waals surface area contributed by atoms with Crippen molar-refractivity contribution >= 4 is 5.91 Å². The van der Waals surface area contributed by atoms with Crippen molar-refractivity contribution in [2.75, 3.05) is 33.7 Å². The number of carbonyl (C=O) groups is 1. The fourth-order valence-electron chi connectivity index (χ4n) is 3.54. The van der Waals surface area contributed by atoms with Gasteiger partial charge in [-0.2, -0.15) is 0 Å². The molecule has 0 aromatic carbocycles. The van der Waals surface area contributed by atoms with Crippen molar-refractivity contribution in [1.82, 2.24) is 19.4 Å². The maximum absolute atomic E-state index is 12.3. The number of imidazole rings is 1. The molecule has 2 heterocycles. The smallest absolute Gasteiger partial charge is 0.251 e. The van der Waals surface area contributed by atoms with Gasteiger partial charge in [-0.25, -0.2) is 4.98 Å². The van der Waals surface area contributed by atoms with E-state index in [0.29, 0.717) is 31.3 Å². The number of piperidine rings is 1. The summed E-state index contributed by atoms with van der Waals surface area (Å²) in [5, 5.41) is 10.1. The van der Waals surface area contributed by atoms with Crippen molar-refractivity contribution in [1.29, 1.82) is 0 Å². The summed E-state index contributed by atoms with van der Waals surface area (Å²) in [5.41, 5.74) is 0. The summed E-state index contributed by atoms with van der Waals surface area (Å²) in [7, 11) is 4.19. The SMILES string of the molecule is CC(C)CC(O)C(=O)N1CCC(c2nccn2CCCN(C)C)CC1. The lowest BCUT2D eigenvalue weighted by molar-refractivity contribution is -0.142. The summed E-state index contributed by atoms with van der Waals surface area (Å²) in [6.45, 7) is 7.53. The lowest BCUT2D eigenvalue weighted by Gasteiger charge is -2.33. The number of aryl methyl sites for hydroxylation is 1. The monoisotopic (exact) mass is 350 g/mol. The van der Waals surface area contributed by atoms with Crippen LogP contribution in [-0.2, 0) is 11.3 Å². The molecule has 0 aliphatic carbocycles. The van der Waals surface area contributed by atoms with Crippen molar-refractivity contribution in [3.63, 3.8) is 0 Å². The zero-order valence-electron chi connectivity index (χ0n) is 16.2. The van der Waals surface area contributed by atoms with Gasteiger partial charge < -0.3 is 19.5 Å². The third-order valence-electron chi connectivity index (χ3n) is 4.90. The summed E-state index contributed by atoms with van der Waals surface area (Å²) in [4.78, 5) is 20.9. The number of nitrogens with zero attached hydrogens (tertiary/aromatic N) is 4. The zero-order chi connectivity index (χ0) is 18.4. The molecule has 1 N–H and O–H groups in total. The number of carbonyl (C=O) groups excluding carboxylic acids is 1. The van der Waals surface area contributed by atoms with Crippen molar-refractivity contribution < 1.29 is 9.90 Å². The van der Waals surface area contributed by atoms with E-state index in [1.54, 1.807) is 0 Å². The summed E-state index contributed by atoms with van der Waals surface area (Å²) in [6.07, 6.45) is 6.58. The Kier molecular flexibility index (Phi) is 7.44. The average Bonchev–Trinajstić information content (AvgIpc) is 3.02. The topological polar surface area (TPSA) is 61.6 Å². The standard InChI is InChI=1S/C19H34N4O2/c1-15(2)14-17(24)19(25)23-11-6-16(7-12-23)18-20-8-13-22(18)10-5-9-21(3)4/h8,13,15-17,24H,5-7,9-12,14H2,1-4H3. The molecule has 6 heteroatoms. The minimum atomic E-state index is -0.857. The van der Waals surface area contributed by atoms with Crippen molar-refractivity contribution in [2.24, 2.45) is 5.92 Å². The molecule has 1 aliphatic heterocycles. The molecule has 6 nitrogen and oxygen atoms in total. The molecule has 25 heavy (non-hydrogen) atoms. The first-order valence-corrected chi connectivity index (χ1v) is 9.51. The van der Waals surface area contributed by atoms with Crippen LogP contribution in [0.15, 0.2) is 12.4 Å². The van der Waals surface area contributed by atoms with Crippen LogP contribution in [0.3, 0.4) is 0 Å². The fourth-order valence-corrected chi connectivity index (χ4v) is 3.54. The van der Waals surface area contributed by atoms with Gasteiger partial charge in [0.1, 0.15) is 11.9 Å². The first-order chi connectivity index (χ1) is 11.9. The van der Waals surface area contributed by atoms with Gasteiger partial charge in [0.25, 0.3) is 5.91 Å². The number of amides is 1. The third-order valence-corrected chi connectivity index (χ3v) is 4.90. The zero-order valence-corrected chi connectivity index (χ0v) is 16.2. The molecule has 1 atom stereocenters. The maximum Gasteiger partial charge on any atom is 0.251 e. The number of hydrogen-bond acceptors (Lipinski definition) is 4. The van der Waals surface area contributed by atoms with E-state index in [9.17, 15) is 9.90 Å². The molecule has 1 saturated heterocycles. The molecule has 142 valence electrons. The van der Waals surface area contributed by atoms with Crippen LogP contribution < -0.4 is 0 Å². The van der Waals surface area contributed by atoms with Crippen molar-refractivity contribution in [3.8, 4) is 0 Å². The van der Waals surface area contributed by atoms with E-state index in [0.717, 1.165) is 38.2 Å². The quantitative estimate of drug-likeness (QED) is 0.778. The van der Waals surface area contributed by atoms with Gasteiger partial charge in [0.05, 0.1) is 0 Å². The molecule has 0 bridgehead atoms. The molecule has 0 saturated carbocycles. The van der Waals surface area contributed by atoms with E-state index in [-0.39, 0.29) is 5.91 Å². The fraction of sp³-hybridized carbons (Fsp3) is 0.789. The Balaban J connectivity index is 1.86. The van der Waals surface area contributed by atoms with E-state index in [4.69, 9.17) is 0 Å². The molecule has 0 spiro atoms. The van der Waals surface area contributed by atoms with Gasteiger partial charge in [-0.3, -0.25) is 4.79 Å². The number of hydrogen-bond donors (Lipinski definition) is 1. The molecular weight excluding hydrogens is 316 g/mol. The lowest BCUT2D eigenvalue weighted by Crippen LogP contribution is -2.44. The molecule has 1 aliphatic rings. The second kappa shape index (κ2) is 9.34. The second-order valence-corrected chi connectivity index (χ2v) is 7.88. The lowest BCUT2D eigenvalue weighted by atomic mass is 9.95. The largest absolute Gasteiger partial charge is 0.383 e. The van der Waals surface area contributed by atoms with E-state index < -0.39 is 6.10 Å². The Labute approximate surface area is 151 Å². The Morgan fingerprint density at radius 1 is 1.36 bits per heavy atom. The van der Waals surface area contributed by atoms with Gasteiger partial charge in [-0.15, -0.1) is 0 Å². The molecule has 0 radical (unpaired) electrons. The molecule has 1 fully saturated rings. The molecule has 2 rings (SSSR count). The van der Waals surface area contributed by atoms with Crippen molar-refractivity contribution in [3.05, 3.63) is 18.2 Å². The van der Waals surface area contributed by atoms with Gasteiger partial charge in [0.15, 0.2) is 0 Å². The number of likely N-dealkylation sites (tertiary alicyclic amines) is 1. The summed E-state index contributed by atoms with van der Waals surface area (Å²) < 4.78 is 2.26. The van der Waals surface area contributed by atoms with Crippen LogP contribution >= 0.6 is 0 Å². The normalized spacial score (nSPS) is 17.5. The van der Waals surface area contributed by atoms with Gasteiger partial charge in [0, 0.05) is 37.9 Å². The first kappa shape index (κ1) is 19.9. The molecule has 1 aromatic heterocycles. The van der Waals surface area contributed by atoms with E-state index in [1.807, 2.05) is 24.9 Å². The second-order valence-electron chi connectivity index (χ2n) is 7.88. The van der Waals surface area contributed by atoms with E-state index >= 15 is 0 Å². The number of aliphatic hydroxyl groups is 1. The van der Waals surface area contributed by atoms with Gasteiger partial charge in [-0.05, 0) is 52.2 Å². The van der Waals surface area contributed by atoms with Crippen LogP contribution in [0, 0.1) is 5.92 Å². The first-order valence-electron chi connectivity index (χ1n) is 9.51. The molecular formula is C19H34N4O2. The van der Waals surface area contributed by atoms with Crippen LogP contribution in [0.1, 0.15) is 51.3 Å². The maximum atomic E-state index is 12.3. The highest BCUT2D eigenvalue weighted by molar-refractivity contribution is 5.80. The molecule has 1 unspecified atom stereocenters. The van der Waals surface area contributed by atoms with Crippen LogP contribution in [0.25, 0.3) is 0 Å². The van der Waals surface area contributed by atoms with Crippen LogP contribution in [0.5, 0.6) is 0 Å². The Hall–Kier alpha value is -1.40. The van der Waals surface area contributed by atoms with Crippen LogP contribution in [0.4, 0.5) is 0 Å². The Morgan fingerprint density at radius 3 is 2.64 bits per heavy atom. The average molecular weight is 351 g/mol. The van der Waals surface area contributed by atoms with E-state index in [2.05, 4.69) is 34.7 Å². The highest BCUT2D eigenvalue weighted by Crippen LogP contribution is 2.27. The minimum absolute atomic E-state index is 0.110. The van der Waals surface area contributed by atoms with Gasteiger partial charge in [0.2, 0.25) is 0 Å². The highest BCUT2D eigenvalue weighted by atomic mass is 16.3. The minimum Gasteiger partial charge on any atom is -0.383 e. The predicted octanol–water partition coefficient (Wildman–Crippen LogP) is 1.95. The highest BCUT2D eigenvalue weighted by Gasteiger charge is 2.29.